The van der Waals surface area contributed by atoms with Gasteiger partial charge in [-0.3, -0.25) is 0 Å². The highest BCUT2D eigenvalue weighted by molar-refractivity contribution is 5.91. The van der Waals surface area contributed by atoms with Gasteiger partial charge in [0.25, 0.3) is 0 Å². The van der Waals surface area contributed by atoms with E-state index in [9.17, 15) is 9.59 Å². The second kappa shape index (κ2) is 11.4. The molecule has 0 heterocycles. The predicted molar refractivity (Wildman–Crippen MR) is 72.8 cm³/mol. The normalized spacial score (nSPS) is 14.0. The van der Waals surface area contributed by atoms with Gasteiger partial charge in [-0.15, -0.1) is 0 Å². The molecule has 0 saturated heterocycles. The zero-order chi connectivity index (χ0) is 15.4. The standard InChI is InChI=1S/C14H24O6/c1-3-11(7-15)9-19-13(17)5-6-14(18)20-10-12(4-2)8-16/h5-6,11-12,15-16H,3-4,7-10H2,1-2H3/b6-5+. The van der Waals surface area contributed by atoms with Crippen LogP contribution in [0.5, 0.6) is 0 Å². The Hall–Kier alpha value is -1.40. The lowest BCUT2D eigenvalue weighted by Crippen LogP contribution is -2.17. The molecule has 20 heavy (non-hydrogen) atoms. The second-order valence-corrected chi connectivity index (χ2v) is 4.51. The molecule has 0 amide bonds. The monoisotopic (exact) mass is 288 g/mol. The van der Waals surface area contributed by atoms with Crippen molar-refractivity contribution in [1.82, 2.24) is 0 Å². The summed E-state index contributed by atoms with van der Waals surface area (Å²) in [4.78, 5) is 22.6. The molecule has 0 aliphatic rings. The van der Waals surface area contributed by atoms with E-state index in [1.165, 1.54) is 0 Å². The van der Waals surface area contributed by atoms with Crippen LogP contribution < -0.4 is 0 Å². The molecule has 0 rings (SSSR count). The maximum Gasteiger partial charge on any atom is 0.331 e. The van der Waals surface area contributed by atoms with E-state index in [1.54, 1.807) is 0 Å². The van der Waals surface area contributed by atoms with E-state index in [-0.39, 0.29) is 38.3 Å². The Morgan fingerprint density at radius 1 is 0.900 bits per heavy atom. The third-order valence-corrected chi connectivity index (χ3v) is 2.95. The van der Waals surface area contributed by atoms with Crippen LogP contribution in [0, 0.1) is 11.8 Å². The van der Waals surface area contributed by atoms with Gasteiger partial charge in [0, 0.05) is 37.2 Å². The number of aliphatic hydroxyl groups is 2. The quantitative estimate of drug-likeness (QED) is 0.453. The van der Waals surface area contributed by atoms with Crippen LogP contribution in [0.15, 0.2) is 12.2 Å². The first-order valence-corrected chi connectivity index (χ1v) is 6.80. The molecule has 6 heteroatoms. The first kappa shape index (κ1) is 18.6. The number of hydrogen-bond donors (Lipinski definition) is 2. The van der Waals surface area contributed by atoms with Gasteiger partial charge in [-0.2, -0.15) is 0 Å². The summed E-state index contributed by atoms with van der Waals surface area (Å²) in [6.07, 6.45) is 3.39. The molecular weight excluding hydrogens is 264 g/mol. The lowest BCUT2D eigenvalue weighted by molar-refractivity contribution is -0.142. The highest BCUT2D eigenvalue weighted by atomic mass is 16.5. The van der Waals surface area contributed by atoms with Crippen LogP contribution in [0.1, 0.15) is 26.7 Å². The third-order valence-electron chi connectivity index (χ3n) is 2.95. The average molecular weight is 288 g/mol. The van der Waals surface area contributed by atoms with Gasteiger partial charge in [0.2, 0.25) is 0 Å². The molecule has 0 spiro atoms. The van der Waals surface area contributed by atoms with E-state index in [0.29, 0.717) is 12.8 Å². The molecule has 0 aromatic carbocycles. The largest absolute Gasteiger partial charge is 0.462 e. The predicted octanol–water partition coefficient (Wildman–Crippen LogP) is 0.666. The molecule has 2 N–H and O–H groups in total. The number of ether oxygens (including phenoxy) is 2. The van der Waals surface area contributed by atoms with Crippen molar-refractivity contribution in [2.45, 2.75) is 26.7 Å². The van der Waals surface area contributed by atoms with Crippen LogP contribution in [0.25, 0.3) is 0 Å². The average Bonchev–Trinajstić information content (AvgIpc) is 2.47. The number of esters is 2. The molecule has 2 atom stereocenters. The summed E-state index contributed by atoms with van der Waals surface area (Å²) in [5, 5.41) is 17.8. The summed E-state index contributed by atoms with van der Waals surface area (Å²) in [5.41, 5.74) is 0. The van der Waals surface area contributed by atoms with E-state index in [4.69, 9.17) is 19.7 Å². The first-order chi connectivity index (χ1) is 9.57. The van der Waals surface area contributed by atoms with Crippen LogP contribution in [0.4, 0.5) is 0 Å². The molecule has 0 bridgehead atoms. The molecule has 116 valence electrons. The summed E-state index contributed by atoms with van der Waals surface area (Å²) >= 11 is 0. The fraction of sp³-hybridized carbons (Fsp3) is 0.714. The van der Waals surface area contributed by atoms with Gasteiger partial charge in [-0.1, -0.05) is 13.8 Å². The lowest BCUT2D eigenvalue weighted by Gasteiger charge is -2.11. The van der Waals surface area contributed by atoms with E-state index in [2.05, 4.69) is 0 Å². The molecule has 2 unspecified atom stereocenters. The van der Waals surface area contributed by atoms with Gasteiger partial charge in [-0.05, 0) is 12.8 Å². The molecular formula is C14H24O6. The van der Waals surface area contributed by atoms with Crippen LogP contribution in [-0.4, -0.2) is 48.6 Å². The van der Waals surface area contributed by atoms with E-state index in [0.717, 1.165) is 12.2 Å². The number of rotatable bonds is 10. The summed E-state index contributed by atoms with van der Waals surface area (Å²) in [6, 6.07) is 0. The van der Waals surface area contributed by atoms with Crippen molar-refractivity contribution in [3.63, 3.8) is 0 Å². The van der Waals surface area contributed by atoms with Crippen molar-refractivity contribution in [2.75, 3.05) is 26.4 Å². The number of carbonyl (C=O) groups is 2. The fourth-order valence-electron chi connectivity index (χ4n) is 1.23. The summed E-state index contributed by atoms with van der Waals surface area (Å²) in [7, 11) is 0. The summed E-state index contributed by atoms with van der Waals surface area (Å²) < 4.78 is 9.74. The summed E-state index contributed by atoms with van der Waals surface area (Å²) in [6.45, 7) is 3.91. The summed E-state index contributed by atoms with van der Waals surface area (Å²) in [5.74, 6) is -1.48. The Balaban J connectivity index is 3.96. The SMILES string of the molecule is CCC(CO)COC(=O)/C=C/C(=O)OCC(CC)CO. The topological polar surface area (TPSA) is 93.1 Å². The molecule has 0 radical (unpaired) electrons. The minimum Gasteiger partial charge on any atom is -0.462 e. The smallest absolute Gasteiger partial charge is 0.331 e. The molecule has 6 nitrogen and oxygen atoms in total. The fourth-order valence-corrected chi connectivity index (χ4v) is 1.23. The maximum atomic E-state index is 11.3. The van der Waals surface area contributed by atoms with Crippen molar-refractivity contribution in [3.05, 3.63) is 12.2 Å². The number of aliphatic hydroxyl groups excluding tert-OH is 2. The van der Waals surface area contributed by atoms with Crippen molar-refractivity contribution in [3.8, 4) is 0 Å². The van der Waals surface area contributed by atoms with Crippen LogP contribution in [0.3, 0.4) is 0 Å². The van der Waals surface area contributed by atoms with Crippen LogP contribution >= 0.6 is 0 Å². The Labute approximate surface area is 119 Å². The van der Waals surface area contributed by atoms with Crippen molar-refractivity contribution in [2.24, 2.45) is 11.8 Å². The number of hydrogen-bond acceptors (Lipinski definition) is 6. The van der Waals surface area contributed by atoms with Crippen molar-refractivity contribution in [1.29, 1.82) is 0 Å². The lowest BCUT2D eigenvalue weighted by atomic mass is 10.1. The Bertz CT molecular complexity index is 275. The zero-order valence-electron chi connectivity index (χ0n) is 12.1. The molecule has 0 saturated carbocycles. The van der Waals surface area contributed by atoms with Gasteiger partial charge in [-0.25, -0.2) is 9.59 Å². The van der Waals surface area contributed by atoms with Gasteiger partial charge >= 0.3 is 11.9 Å². The third kappa shape index (κ3) is 8.66. The molecule has 0 aliphatic heterocycles. The minimum atomic E-state index is -0.650. The van der Waals surface area contributed by atoms with Gasteiger partial charge in [0.05, 0.1) is 13.2 Å². The maximum absolute atomic E-state index is 11.3. The zero-order valence-corrected chi connectivity index (χ0v) is 12.1. The Morgan fingerprint density at radius 3 is 1.50 bits per heavy atom. The Kier molecular flexibility index (Phi) is 10.6. The highest BCUT2D eigenvalue weighted by Gasteiger charge is 2.09. The molecule has 0 aliphatic carbocycles. The van der Waals surface area contributed by atoms with E-state index >= 15 is 0 Å². The first-order valence-electron chi connectivity index (χ1n) is 6.80. The van der Waals surface area contributed by atoms with Crippen LogP contribution in [0.2, 0.25) is 0 Å². The van der Waals surface area contributed by atoms with E-state index in [1.807, 2.05) is 13.8 Å². The second-order valence-electron chi connectivity index (χ2n) is 4.51. The van der Waals surface area contributed by atoms with Crippen LogP contribution in [-0.2, 0) is 19.1 Å². The van der Waals surface area contributed by atoms with Crippen molar-refractivity contribution >= 4 is 11.9 Å². The van der Waals surface area contributed by atoms with Gasteiger partial charge in [0.15, 0.2) is 0 Å². The number of carbonyl (C=O) groups excluding carboxylic acids is 2. The molecule has 0 aromatic rings. The molecule has 0 aromatic heterocycles. The van der Waals surface area contributed by atoms with Gasteiger partial charge in [0.1, 0.15) is 0 Å². The highest BCUT2D eigenvalue weighted by Crippen LogP contribution is 2.03. The Morgan fingerprint density at radius 2 is 1.25 bits per heavy atom. The van der Waals surface area contributed by atoms with E-state index < -0.39 is 11.9 Å². The minimum absolute atomic E-state index is 0.0465. The van der Waals surface area contributed by atoms with Crippen molar-refractivity contribution < 1.29 is 29.3 Å². The molecule has 0 fully saturated rings. The van der Waals surface area contributed by atoms with Gasteiger partial charge < -0.3 is 19.7 Å².